The molecule has 0 atom stereocenters. The zero-order valence-corrected chi connectivity index (χ0v) is 15.6. The standard InChI is InChI=1S/C20H18ClN3O3/c1-26-18-8-7-14(10-19(18)27-2)23-15-9-13(11-22-12-15)20(25)24-17-6-4-3-5-16(17)21/h3-12,23H,1-2H3,(H,24,25). The molecule has 1 aromatic heterocycles. The van der Waals surface area contributed by atoms with Gasteiger partial charge in [-0.15, -0.1) is 0 Å². The monoisotopic (exact) mass is 383 g/mol. The van der Waals surface area contributed by atoms with E-state index in [4.69, 9.17) is 21.1 Å². The lowest BCUT2D eigenvalue weighted by atomic mass is 10.2. The summed E-state index contributed by atoms with van der Waals surface area (Å²) in [5.41, 5.74) is 2.38. The van der Waals surface area contributed by atoms with E-state index in [2.05, 4.69) is 15.6 Å². The van der Waals surface area contributed by atoms with Crippen molar-refractivity contribution in [2.24, 2.45) is 0 Å². The normalized spacial score (nSPS) is 10.2. The van der Waals surface area contributed by atoms with Gasteiger partial charge in [0, 0.05) is 18.0 Å². The van der Waals surface area contributed by atoms with E-state index in [1.165, 1.54) is 6.20 Å². The highest BCUT2D eigenvalue weighted by atomic mass is 35.5. The molecular formula is C20H18ClN3O3. The van der Waals surface area contributed by atoms with Gasteiger partial charge in [-0.1, -0.05) is 23.7 Å². The number of nitrogens with zero attached hydrogens (tertiary/aromatic N) is 1. The number of carbonyl (C=O) groups excluding carboxylic acids is 1. The molecule has 0 radical (unpaired) electrons. The van der Waals surface area contributed by atoms with E-state index < -0.39 is 0 Å². The number of halogens is 1. The van der Waals surface area contributed by atoms with Crippen LogP contribution in [0.2, 0.25) is 5.02 Å². The first-order valence-electron chi connectivity index (χ1n) is 8.10. The molecular weight excluding hydrogens is 366 g/mol. The van der Waals surface area contributed by atoms with Crippen LogP contribution in [-0.2, 0) is 0 Å². The van der Waals surface area contributed by atoms with Gasteiger partial charge in [-0.3, -0.25) is 9.78 Å². The molecule has 3 rings (SSSR count). The van der Waals surface area contributed by atoms with Gasteiger partial charge in [0.1, 0.15) is 0 Å². The van der Waals surface area contributed by atoms with Crippen molar-refractivity contribution in [3.8, 4) is 11.5 Å². The summed E-state index contributed by atoms with van der Waals surface area (Å²) in [6.45, 7) is 0. The first kappa shape index (κ1) is 18.5. The SMILES string of the molecule is COc1ccc(Nc2cncc(C(=O)Nc3ccccc3Cl)c2)cc1OC. The first-order chi connectivity index (χ1) is 13.1. The lowest BCUT2D eigenvalue weighted by Gasteiger charge is -2.12. The lowest BCUT2D eigenvalue weighted by molar-refractivity contribution is 0.102. The van der Waals surface area contributed by atoms with Crippen LogP contribution in [0.1, 0.15) is 10.4 Å². The fraction of sp³-hybridized carbons (Fsp3) is 0.100. The van der Waals surface area contributed by atoms with Crippen LogP contribution in [0.25, 0.3) is 0 Å². The average molecular weight is 384 g/mol. The maximum Gasteiger partial charge on any atom is 0.257 e. The Morgan fingerprint density at radius 1 is 0.963 bits per heavy atom. The fourth-order valence-corrected chi connectivity index (χ4v) is 2.65. The molecule has 0 aliphatic rings. The summed E-state index contributed by atoms with van der Waals surface area (Å²) in [6.07, 6.45) is 3.12. The van der Waals surface area contributed by atoms with E-state index in [9.17, 15) is 4.79 Å². The molecule has 138 valence electrons. The summed E-state index contributed by atoms with van der Waals surface area (Å²) in [7, 11) is 3.15. The Kier molecular flexibility index (Phi) is 5.78. The second kappa shape index (κ2) is 8.42. The molecule has 0 saturated heterocycles. The molecule has 27 heavy (non-hydrogen) atoms. The minimum atomic E-state index is -0.299. The van der Waals surface area contributed by atoms with Crippen molar-refractivity contribution >= 4 is 34.6 Å². The van der Waals surface area contributed by atoms with Gasteiger partial charge >= 0.3 is 0 Å². The van der Waals surface area contributed by atoms with Gasteiger partial charge in [0.05, 0.1) is 42.4 Å². The number of para-hydroxylation sites is 1. The molecule has 2 aromatic carbocycles. The molecule has 0 saturated carbocycles. The largest absolute Gasteiger partial charge is 0.493 e. The maximum atomic E-state index is 12.5. The number of hydrogen-bond acceptors (Lipinski definition) is 5. The number of methoxy groups -OCH3 is 2. The molecule has 6 nitrogen and oxygen atoms in total. The van der Waals surface area contributed by atoms with Crippen molar-refractivity contribution in [3.63, 3.8) is 0 Å². The molecule has 0 unspecified atom stereocenters. The van der Waals surface area contributed by atoms with Crippen LogP contribution in [0.4, 0.5) is 17.1 Å². The number of nitrogens with one attached hydrogen (secondary N) is 2. The molecule has 0 fully saturated rings. The van der Waals surface area contributed by atoms with Gasteiger partial charge in [0.15, 0.2) is 11.5 Å². The van der Waals surface area contributed by atoms with Crippen LogP contribution in [0.5, 0.6) is 11.5 Å². The van der Waals surface area contributed by atoms with Gasteiger partial charge in [-0.2, -0.15) is 0 Å². The Bertz CT molecular complexity index is 963. The topological polar surface area (TPSA) is 72.5 Å². The molecule has 0 aliphatic carbocycles. The zero-order chi connectivity index (χ0) is 19.2. The van der Waals surface area contributed by atoms with Crippen LogP contribution >= 0.6 is 11.6 Å². The van der Waals surface area contributed by atoms with Crippen LogP contribution in [-0.4, -0.2) is 25.1 Å². The van der Waals surface area contributed by atoms with Crippen molar-refractivity contribution in [2.75, 3.05) is 24.9 Å². The highest BCUT2D eigenvalue weighted by molar-refractivity contribution is 6.33. The van der Waals surface area contributed by atoms with Gasteiger partial charge in [-0.05, 0) is 30.3 Å². The third-order valence-corrected chi connectivity index (χ3v) is 4.12. The van der Waals surface area contributed by atoms with E-state index >= 15 is 0 Å². The van der Waals surface area contributed by atoms with Gasteiger partial charge in [0.25, 0.3) is 5.91 Å². The zero-order valence-electron chi connectivity index (χ0n) is 14.8. The highest BCUT2D eigenvalue weighted by Gasteiger charge is 2.10. The Morgan fingerprint density at radius 3 is 2.48 bits per heavy atom. The molecule has 7 heteroatoms. The summed E-state index contributed by atoms with van der Waals surface area (Å²) in [4.78, 5) is 16.6. The predicted molar refractivity (Wildman–Crippen MR) is 106 cm³/mol. The molecule has 2 N–H and O–H groups in total. The van der Waals surface area contributed by atoms with Crippen molar-refractivity contribution in [1.82, 2.24) is 4.98 Å². The van der Waals surface area contributed by atoms with Gasteiger partial charge in [-0.25, -0.2) is 0 Å². The fourth-order valence-electron chi connectivity index (χ4n) is 2.47. The summed E-state index contributed by atoms with van der Waals surface area (Å²) in [6, 6.07) is 14.2. The number of carbonyl (C=O) groups is 1. The van der Waals surface area contributed by atoms with E-state index in [1.807, 2.05) is 6.07 Å². The summed E-state index contributed by atoms with van der Waals surface area (Å²) < 4.78 is 10.5. The number of anilines is 3. The van der Waals surface area contributed by atoms with E-state index in [1.54, 1.807) is 62.9 Å². The van der Waals surface area contributed by atoms with Crippen molar-refractivity contribution in [3.05, 3.63) is 71.5 Å². The predicted octanol–water partition coefficient (Wildman–Crippen LogP) is 4.75. The van der Waals surface area contributed by atoms with E-state index in [-0.39, 0.29) is 5.91 Å². The first-order valence-corrected chi connectivity index (χ1v) is 8.48. The summed E-state index contributed by atoms with van der Waals surface area (Å²) in [5, 5.41) is 6.44. The second-order valence-electron chi connectivity index (χ2n) is 5.59. The minimum absolute atomic E-state index is 0.299. The van der Waals surface area contributed by atoms with E-state index in [0.29, 0.717) is 33.5 Å². The molecule has 3 aromatic rings. The molecule has 0 spiro atoms. The summed E-state index contributed by atoms with van der Waals surface area (Å²) >= 11 is 6.08. The molecule has 0 bridgehead atoms. The highest BCUT2D eigenvalue weighted by Crippen LogP contribution is 2.31. The summed E-state index contributed by atoms with van der Waals surface area (Å²) in [5.74, 6) is 0.934. The number of benzene rings is 2. The number of amides is 1. The van der Waals surface area contributed by atoms with Crippen molar-refractivity contribution in [2.45, 2.75) is 0 Å². The van der Waals surface area contributed by atoms with E-state index in [0.717, 1.165) is 5.69 Å². The Hall–Kier alpha value is -3.25. The number of pyridine rings is 1. The number of rotatable bonds is 6. The number of ether oxygens (including phenoxy) is 2. The molecule has 1 heterocycles. The van der Waals surface area contributed by atoms with Gasteiger partial charge < -0.3 is 20.1 Å². The lowest BCUT2D eigenvalue weighted by Crippen LogP contribution is -2.12. The quantitative estimate of drug-likeness (QED) is 0.642. The Labute approximate surface area is 162 Å². The third kappa shape index (κ3) is 4.48. The Morgan fingerprint density at radius 2 is 1.74 bits per heavy atom. The van der Waals surface area contributed by atoms with Crippen LogP contribution in [0, 0.1) is 0 Å². The molecule has 0 aliphatic heterocycles. The van der Waals surface area contributed by atoms with Crippen molar-refractivity contribution < 1.29 is 14.3 Å². The maximum absolute atomic E-state index is 12.5. The van der Waals surface area contributed by atoms with Crippen LogP contribution in [0.3, 0.4) is 0 Å². The average Bonchev–Trinajstić information content (AvgIpc) is 2.69. The Balaban J connectivity index is 1.77. The van der Waals surface area contributed by atoms with Gasteiger partial charge in [0.2, 0.25) is 0 Å². The van der Waals surface area contributed by atoms with Crippen LogP contribution in [0.15, 0.2) is 60.9 Å². The van der Waals surface area contributed by atoms with Crippen LogP contribution < -0.4 is 20.1 Å². The number of aromatic nitrogens is 1. The minimum Gasteiger partial charge on any atom is -0.493 e. The second-order valence-corrected chi connectivity index (χ2v) is 6.00. The number of hydrogen-bond donors (Lipinski definition) is 2. The molecule has 1 amide bonds. The van der Waals surface area contributed by atoms with Crippen molar-refractivity contribution in [1.29, 1.82) is 0 Å². The third-order valence-electron chi connectivity index (χ3n) is 3.79. The smallest absolute Gasteiger partial charge is 0.257 e.